The van der Waals surface area contributed by atoms with E-state index in [2.05, 4.69) is 6.58 Å². The highest BCUT2D eigenvalue weighted by atomic mass is 35.5. The van der Waals surface area contributed by atoms with E-state index in [1.54, 1.807) is 0 Å². The van der Waals surface area contributed by atoms with Gasteiger partial charge in [-0.3, -0.25) is 0 Å². The Hall–Kier alpha value is -0.0900. The maximum absolute atomic E-state index is 5.73. The summed E-state index contributed by atoms with van der Waals surface area (Å²) in [5, 5.41) is 0. The Labute approximate surface area is 199 Å². The molecular formula is C27H53ClO3. The van der Waals surface area contributed by atoms with Crippen molar-refractivity contribution in [3.05, 3.63) is 12.7 Å². The Bertz CT molecular complexity index is 326. The highest BCUT2D eigenvalue weighted by molar-refractivity contribution is 6.17. The van der Waals surface area contributed by atoms with Crippen LogP contribution in [0.4, 0.5) is 0 Å². The summed E-state index contributed by atoms with van der Waals surface area (Å²) in [5.41, 5.74) is 0. The second kappa shape index (κ2) is 29.9. The number of allylic oxidation sites excluding steroid dienone is 1. The number of unbranched alkanes of at least 4 members (excludes halogenated alkanes) is 14. The van der Waals surface area contributed by atoms with Gasteiger partial charge in [0.05, 0.1) is 0 Å². The van der Waals surface area contributed by atoms with Crippen molar-refractivity contribution in [1.82, 2.24) is 0 Å². The van der Waals surface area contributed by atoms with Crippen LogP contribution in [-0.4, -0.2) is 45.5 Å². The van der Waals surface area contributed by atoms with Gasteiger partial charge in [-0.05, 0) is 44.9 Å². The van der Waals surface area contributed by atoms with Gasteiger partial charge in [0.15, 0.2) is 0 Å². The van der Waals surface area contributed by atoms with Crippen LogP contribution < -0.4 is 0 Å². The number of rotatable bonds is 28. The second-order valence-corrected chi connectivity index (χ2v) is 8.99. The summed E-state index contributed by atoms with van der Waals surface area (Å²) in [5.74, 6) is 0.706. The van der Waals surface area contributed by atoms with Crippen molar-refractivity contribution in [2.45, 2.75) is 116 Å². The van der Waals surface area contributed by atoms with E-state index >= 15 is 0 Å². The molecule has 0 aliphatic rings. The first-order valence-corrected chi connectivity index (χ1v) is 13.9. The third-order valence-corrected chi connectivity index (χ3v) is 5.79. The first-order valence-electron chi connectivity index (χ1n) is 13.3. The molecule has 186 valence electrons. The van der Waals surface area contributed by atoms with E-state index in [0.29, 0.717) is 5.88 Å². The lowest BCUT2D eigenvalue weighted by atomic mass is 10.1. The fourth-order valence-electron chi connectivity index (χ4n) is 3.57. The summed E-state index contributed by atoms with van der Waals surface area (Å²) in [6.07, 6.45) is 24.8. The molecule has 0 spiro atoms. The van der Waals surface area contributed by atoms with Crippen molar-refractivity contribution in [2.24, 2.45) is 0 Å². The predicted molar refractivity (Wildman–Crippen MR) is 136 cm³/mol. The van der Waals surface area contributed by atoms with Crippen LogP contribution in [0.2, 0.25) is 0 Å². The quantitative estimate of drug-likeness (QED) is 0.0665. The van der Waals surface area contributed by atoms with Gasteiger partial charge in [-0.2, -0.15) is 0 Å². The molecule has 0 amide bonds. The van der Waals surface area contributed by atoms with Gasteiger partial charge in [-0.1, -0.05) is 76.7 Å². The van der Waals surface area contributed by atoms with Crippen LogP contribution in [0.15, 0.2) is 12.7 Å². The average molecular weight is 461 g/mol. The van der Waals surface area contributed by atoms with Crippen molar-refractivity contribution in [2.75, 3.05) is 45.5 Å². The minimum atomic E-state index is 0.706. The molecule has 0 rings (SSSR count). The van der Waals surface area contributed by atoms with Crippen molar-refractivity contribution in [1.29, 1.82) is 0 Å². The summed E-state index contributed by atoms with van der Waals surface area (Å²) < 4.78 is 17.0. The third-order valence-electron chi connectivity index (χ3n) is 5.52. The molecule has 0 atom stereocenters. The van der Waals surface area contributed by atoms with Gasteiger partial charge in [-0.25, -0.2) is 0 Å². The number of alkyl halides is 1. The molecule has 0 unspecified atom stereocenters. The Balaban J connectivity index is 2.98. The molecule has 4 heteroatoms. The van der Waals surface area contributed by atoms with Gasteiger partial charge in [-0.15, -0.1) is 18.2 Å². The van der Waals surface area contributed by atoms with Crippen molar-refractivity contribution in [3.63, 3.8) is 0 Å². The predicted octanol–water partition coefficient (Wildman–Crippen LogP) is 8.48. The van der Waals surface area contributed by atoms with E-state index in [9.17, 15) is 0 Å². The maximum atomic E-state index is 5.73. The minimum absolute atomic E-state index is 0.706. The lowest BCUT2D eigenvalue weighted by molar-refractivity contribution is 0.0794. The van der Waals surface area contributed by atoms with Crippen molar-refractivity contribution in [3.8, 4) is 0 Å². The molecule has 0 aromatic heterocycles. The molecule has 0 aliphatic heterocycles. The van der Waals surface area contributed by atoms with Crippen molar-refractivity contribution >= 4 is 11.6 Å². The summed E-state index contributed by atoms with van der Waals surface area (Å²) in [6, 6.07) is 0. The first-order chi connectivity index (χ1) is 15.4. The molecular weight excluding hydrogens is 408 g/mol. The molecule has 0 aromatic rings. The minimum Gasteiger partial charge on any atom is -0.381 e. The molecule has 0 N–H and O–H groups in total. The fraction of sp³-hybridized carbons (Fsp3) is 0.926. The Morgan fingerprint density at radius 3 is 1.13 bits per heavy atom. The summed E-state index contributed by atoms with van der Waals surface area (Å²) in [4.78, 5) is 0. The monoisotopic (exact) mass is 460 g/mol. The largest absolute Gasteiger partial charge is 0.381 e. The van der Waals surface area contributed by atoms with E-state index in [-0.39, 0.29) is 0 Å². The highest BCUT2D eigenvalue weighted by Crippen LogP contribution is 2.10. The average Bonchev–Trinajstić information content (AvgIpc) is 2.78. The van der Waals surface area contributed by atoms with E-state index in [1.807, 2.05) is 6.08 Å². The van der Waals surface area contributed by atoms with Crippen LogP contribution in [0.25, 0.3) is 0 Å². The van der Waals surface area contributed by atoms with Crippen LogP contribution in [0.1, 0.15) is 116 Å². The van der Waals surface area contributed by atoms with E-state index in [1.165, 1.54) is 103 Å². The van der Waals surface area contributed by atoms with Gasteiger partial charge < -0.3 is 14.2 Å². The second-order valence-electron chi connectivity index (χ2n) is 8.61. The van der Waals surface area contributed by atoms with Crippen LogP contribution in [0, 0.1) is 0 Å². The molecule has 0 aromatic carbocycles. The molecule has 0 fully saturated rings. The summed E-state index contributed by atoms with van der Waals surface area (Å²) >= 11 is 5.62. The first kappa shape index (κ1) is 30.9. The van der Waals surface area contributed by atoms with Crippen molar-refractivity contribution < 1.29 is 14.2 Å². The van der Waals surface area contributed by atoms with Crippen LogP contribution in [-0.2, 0) is 14.2 Å². The van der Waals surface area contributed by atoms with Crippen LogP contribution in [0.5, 0.6) is 0 Å². The Morgan fingerprint density at radius 2 is 0.742 bits per heavy atom. The topological polar surface area (TPSA) is 27.7 Å². The maximum Gasteiger partial charge on any atom is 0.0487 e. The Morgan fingerprint density at radius 1 is 0.419 bits per heavy atom. The third kappa shape index (κ3) is 29.9. The molecule has 0 heterocycles. The van der Waals surface area contributed by atoms with Crippen LogP contribution >= 0.6 is 11.6 Å². The van der Waals surface area contributed by atoms with Gasteiger partial charge in [0.2, 0.25) is 0 Å². The molecule has 31 heavy (non-hydrogen) atoms. The summed E-state index contributed by atoms with van der Waals surface area (Å²) in [7, 11) is 0. The molecule has 0 radical (unpaired) electrons. The Kier molecular flexibility index (Phi) is 29.8. The number of halogens is 1. The smallest absolute Gasteiger partial charge is 0.0487 e. The zero-order valence-corrected chi connectivity index (χ0v) is 21.3. The fourth-order valence-corrected chi connectivity index (χ4v) is 3.68. The van der Waals surface area contributed by atoms with Gasteiger partial charge in [0.1, 0.15) is 0 Å². The van der Waals surface area contributed by atoms with Gasteiger partial charge >= 0.3 is 0 Å². The number of hydrogen-bond donors (Lipinski definition) is 0. The van der Waals surface area contributed by atoms with E-state index in [4.69, 9.17) is 25.8 Å². The molecule has 0 saturated heterocycles. The van der Waals surface area contributed by atoms with Crippen LogP contribution in [0.3, 0.4) is 0 Å². The zero-order chi connectivity index (χ0) is 22.5. The molecule has 0 aliphatic carbocycles. The zero-order valence-electron chi connectivity index (χ0n) is 20.6. The molecule has 3 nitrogen and oxygen atoms in total. The SMILES string of the molecule is C=CCCCCCCCCCOCCCOCCCCCCCCCCOCCCCl. The normalized spacial score (nSPS) is 11.3. The molecule has 0 bridgehead atoms. The van der Waals surface area contributed by atoms with E-state index < -0.39 is 0 Å². The molecule has 0 saturated carbocycles. The summed E-state index contributed by atoms with van der Waals surface area (Å²) in [6.45, 7) is 9.00. The lowest BCUT2D eigenvalue weighted by Crippen LogP contribution is -2.03. The highest BCUT2D eigenvalue weighted by Gasteiger charge is 1.96. The van der Waals surface area contributed by atoms with Gasteiger partial charge in [0.25, 0.3) is 0 Å². The number of hydrogen-bond acceptors (Lipinski definition) is 3. The lowest BCUT2D eigenvalue weighted by Gasteiger charge is -2.06. The standard InChI is InChI=1S/C27H53ClO3/c1-2-3-4-5-6-7-10-14-17-23-30-26-20-27-31-24-18-15-12-9-8-11-13-16-22-29-25-19-21-28/h2H,1,3-27H2. The van der Waals surface area contributed by atoms with Gasteiger partial charge in [0, 0.05) is 45.5 Å². The number of ether oxygens (including phenoxy) is 3. The van der Waals surface area contributed by atoms with E-state index in [0.717, 1.165) is 52.5 Å².